The highest BCUT2D eigenvalue weighted by atomic mass is 16.5. The number of rotatable bonds is 2. The summed E-state index contributed by atoms with van der Waals surface area (Å²) in [5, 5.41) is 3.67. The third-order valence-corrected chi connectivity index (χ3v) is 2.46. The summed E-state index contributed by atoms with van der Waals surface area (Å²) in [6.45, 7) is 0.625. The van der Waals surface area contributed by atoms with Crippen LogP contribution in [0, 0.1) is 0 Å². The first-order valence-corrected chi connectivity index (χ1v) is 4.93. The van der Waals surface area contributed by atoms with Crippen molar-refractivity contribution in [3.63, 3.8) is 0 Å². The van der Waals surface area contributed by atoms with Crippen LogP contribution >= 0.6 is 0 Å². The molecule has 2 N–H and O–H groups in total. The van der Waals surface area contributed by atoms with Gasteiger partial charge in [0.1, 0.15) is 0 Å². The summed E-state index contributed by atoms with van der Waals surface area (Å²) < 4.78 is 7.05. The van der Waals surface area contributed by atoms with Gasteiger partial charge in [0.25, 0.3) is 0 Å². The molecule has 5 nitrogen and oxygen atoms in total. The second-order valence-electron chi connectivity index (χ2n) is 3.60. The van der Waals surface area contributed by atoms with E-state index in [2.05, 4.69) is 10.1 Å². The highest BCUT2D eigenvalue weighted by molar-refractivity contribution is 5.78. The zero-order valence-corrected chi connectivity index (χ0v) is 8.50. The molecule has 0 aliphatic heterocycles. The minimum absolute atomic E-state index is 0.625. The molecule has 1 aromatic carbocycles. The van der Waals surface area contributed by atoms with Crippen LogP contribution in [0.2, 0.25) is 0 Å². The highest BCUT2D eigenvalue weighted by Crippen LogP contribution is 2.17. The molecule has 0 saturated heterocycles. The van der Waals surface area contributed by atoms with E-state index in [-0.39, 0.29) is 0 Å². The van der Waals surface area contributed by atoms with Crippen LogP contribution in [0.1, 0.15) is 5.76 Å². The molecule has 5 heteroatoms. The summed E-state index contributed by atoms with van der Waals surface area (Å²) in [6.07, 6.45) is 3.40. The number of benzene rings is 1. The van der Waals surface area contributed by atoms with Crippen molar-refractivity contribution in [2.45, 2.75) is 6.54 Å². The maximum absolute atomic E-state index is 5.69. The number of hydrogen-bond acceptors (Lipinski definition) is 4. The maximum Gasteiger partial charge on any atom is 0.156 e. The highest BCUT2D eigenvalue weighted by Gasteiger charge is 2.05. The van der Waals surface area contributed by atoms with Crippen LogP contribution in [-0.4, -0.2) is 14.7 Å². The van der Waals surface area contributed by atoms with Gasteiger partial charge >= 0.3 is 0 Å². The molecule has 2 aromatic heterocycles. The standard InChI is InChI=1S/C11H10N4O/c12-8-1-2-11-10(5-8)13-7-15(11)6-9-3-4-14-16-9/h1-5,7H,6,12H2. The SMILES string of the molecule is Nc1ccc2c(c1)ncn2Cc1ccno1. The van der Waals surface area contributed by atoms with E-state index in [4.69, 9.17) is 10.3 Å². The van der Waals surface area contributed by atoms with E-state index in [9.17, 15) is 0 Å². The molecule has 0 unspecified atom stereocenters. The number of imidazole rings is 1. The number of nitrogens with two attached hydrogens (primary N) is 1. The zero-order valence-electron chi connectivity index (χ0n) is 8.50. The Bertz CT molecular complexity index is 612. The van der Waals surface area contributed by atoms with Crippen molar-refractivity contribution in [2.24, 2.45) is 0 Å². The molecule has 0 amide bonds. The molecule has 0 radical (unpaired) electrons. The van der Waals surface area contributed by atoms with E-state index in [0.717, 1.165) is 22.5 Å². The van der Waals surface area contributed by atoms with Crippen LogP contribution in [0.15, 0.2) is 41.3 Å². The molecule has 3 aromatic rings. The first kappa shape index (κ1) is 8.96. The molecule has 16 heavy (non-hydrogen) atoms. The molecule has 0 spiro atoms. The topological polar surface area (TPSA) is 69.9 Å². The third-order valence-electron chi connectivity index (χ3n) is 2.46. The second kappa shape index (κ2) is 3.37. The fraction of sp³-hybridized carbons (Fsp3) is 0.0909. The van der Waals surface area contributed by atoms with E-state index in [0.29, 0.717) is 6.54 Å². The molecule has 0 atom stereocenters. The van der Waals surface area contributed by atoms with Gasteiger partial charge in [0.2, 0.25) is 0 Å². The Morgan fingerprint density at radius 1 is 1.31 bits per heavy atom. The van der Waals surface area contributed by atoms with Gasteiger partial charge in [0.05, 0.1) is 30.1 Å². The van der Waals surface area contributed by atoms with Gasteiger partial charge in [-0.2, -0.15) is 0 Å². The van der Waals surface area contributed by atoms with Crippen molar-refractivity contribution in [3.05, 3.63) is 42.5 Å². The number of nitrogen functional groups attached to an aromatic ring is 1. The number of hydrogen-bond donors (Lipinski definition) is 1. The minimum Gasteiger partial charge on any atom is -0.399 e. The summed E-state index contributed by atoms with van der Waals surface area (Å²) in [6, 6.07) is 7.50. The van der Waals surface area contributed by atoms with E-state index in [1.54, 1.807) is 12.5 Å². The average Bonchev–Trinajstić information content (AvgIpc) is 2.89. The third kappa shape index (κ3) is 1.42. The smallest absolute Gasteiger partial charge is 0.156 e. The van der Waals surface area contributed by atoms with Crippen LogP contribution in [0.25, 0.3) is 11.0 Å². The lowest BCUT2D eigenvalue weighted by atomic mass is 10.3. The lowest BCUT2D eigenvalue weighted by Gasteiger charge is -2.00. The Hall–Kier alpha value is -2.30. The zero-order chi connectivity index (χ0) is 11.0. The van der Waals surface area contributed by atoms with Gasteiger partial charge < -0.3 is 14.8 Å². The number of anilines is 1. The molecular formula is C11H10N4O. The van der Waals surface area contributed by atoms with Crippen LogP contribution in [0.4, 0.5) is 5.69 Å². The maximum atomic E-state index is 5.69. The molecule has 0 fully saturated rings. The Balaban J connectivity index is 2.04. The second-order valence-corrected chi connectivity index (χ2v) is 3.60. The van der Waals surface area contributed by atoms with Crippen LogP contribution in [0.3, 0.4) is 0 Å². The number of fused-ring (bicyclic) bond motifs is 1. The lowest BCUT2D eigenvalue weighted by molar-refractivity contribution is 0.377. The van der Waals surface area contributed by atoms with Gasteiger partial charge in [-0.25, -0.2) is 4.98 Å². The van der Waals surface area contributed by atoms with Gasteiger partial charge in [-0.15, -0.1) is 0 Å². The number of aromatic nitrogens is 3. The minimum atomic E-state index is 0.625. The molecule has 2 heterocycles. The molecule has 0 aliphatic carbocycles. The van der Waals surface area contributed by atoms with Gasteiger partial charge in [-0.3, -0.25) is 0 Å². The first-order chi connectivity index (χ1) is 7.83. The first-order valence-electron chi connectivity index (χ1n) is 4.93. The van der Waals surface area contributed by atoms with E-state index < -0.39 is 0 Å². The van der Waals surface area contributed by atoms with Gasteiger partial charge in [0.15, 0.2) is 5.76 Å². The molecule has 3 rings (SSSR count). The van der Waals surface area contributed by atoms with E-state index in [1.165, 1.54) is 0 Å². The molecule has 0 bridgehead atoms. The van der Waals surface area contributed by atoms with Crippen molar-refractivity contribution < 1.29 is 4.52 Å². The largest absolute Gasteiger partial charge is 0.399 e. The lowest BCUT2D eigenvalue weighted by Crippen LogP contribution is -1.96. The molecule has 0 aliphatic rings. The van der Waals surface area contributed by atoms with Crippen molar-refractivity contribution in [1.29, 1.82) is 0 Å². The Morgan fingerprint density at radius 3 is 3.06 bits per heavy atom. The summed E-state index contributed by atoms with van der Waals surface area (Å²) in [4.78, 5) is 4.28. The monoisotopic (exact) mass is 214 g/mol. The van der Waals surface area contributed by atoms with Crippen molar-refractivity contribution in [2.75, 3.05) is 5.73 Å². The normalized spacial score (nSPS) is 11.0. The van der Waals surface area contributed by atoms with E-state index in [1.807, 2.05) is 28.8 Å². The number of nitrogens with zero attached hydrogens (tertiary/aromatic N) is 3. The summed E-state index contributed by atoms with van der Waals surface area (Å²) in [5.41, 5.74) is 8.33. The summed E-state index contributed by atoms with van der Waals surface area (Å²) in [7, 11) is 0. The van der Waals surface area contributed by atoms with Gasteiger partial charge in [-0.05, 0) is 18.2 Å². The van der Waals surface area contributed by atoms with Crippen LogP contribution in [-0.2, 0) is 6.54 Å². The summed E-state index contributed by atoms with van der Waals surface area (Å²) in [5.74, 6) is 0.802. The van der Waals surface area contributed by atoms with Crippen LogP contribution < -0.4 is 5.73 Å². The molecular weight excluding hydrogens is 204 g/mol. The summed E-state index contributed by atoms with van der Waals surface area (Å²) >= 11 is 0. The Morgan fingerprint density at radius 2 is 2.25 bits per heavy atom. The fourth-order valence-corrected chi connectivity index (χ4v) is 1.70. The Labute approximate surface area is 91.5 Å². The van der Waals surface area contributed by atoms with Crippen LogP contribution in [0.5, 0.6) is 0 Å². The van der Waals surface area contributed by atoms with Gasteiger partial charge in [-0.1, -0.05) is 5.16 Å². The Kier molecular flexibility index (Phi) is 1.89. The quantitative estimate of drug-likeness (QED) is 0.658. The van der Waals surface area contributed by atoms with Crippen molar-refractivity contribution in [3.8, 4) is 0 Å². The molecule has 80 valence electrons. The fourth-order valence-electron chi connectivity index (χ4n) is 1.70. The predicted molar refractivity (Wildman–Crippen MR) is 59.8 cm³/mol. The molecule has 0 saturated carbocycles. The average molecular weight is 214 g/mol. The van der Waals surface area contributed by atoms with Gasteiger partial charge in [0, 0.05) is 11.8 Å². The predicted octanol–water partition coefficient (Wildman–Crippen LogP) is 1.65. The van der Waals surface area contributed by atoms with Crippen molar-refractivity contribution in [1.82, 2.24) is 14.7 Å². The van der Waals surface area contributed by atoms with Crippen molar-refractivity contribution >= 4 is 16.7 Å². The van der Waals surface area contributed by atoms with E-state index >= 15 is 0 Å².